The fourth-order valence-electron chi connectivity index (χ4n) is 6.38. The maximum absolute atomic E-state index is 5.67. The average molecular weight is 435 g/mol. The maximum Gasteiger partial charge on any atom is 0.170 e. The lowest BCUT2D eigenvalue weighted by Crippen LogP contribution is -2.53. The van der Waals surface area contributed by atoms with Crippen molar-refractivity contribution in [3.05, 3.63) is 64.7 Å². The normalized spacial score (nSPS) is 27.4. The Hall–Kier alpha value is -1.87. The van der Waals surface area contributed by atoms with E-state index in [0.717, 1.165) is 17.3 Å². The molecule has 1 fully saturated rings. The van der Waals surface area contributed by atoms with Crippen LogP contribution in [0, 0.1) is 18.3 Å². The first-order valence-electron chi connectivity index (χ1n) is 12.0. The number of rotatable bonds is 4. The van der Waals surface area contributed by atoms with E-state index in [1.165, 1.54) is 43.2 Å². The molecule has 0 amide bonds. The molecule has 0 radical (unpaired) electrons. The van der Waals surface area contributed by atoms with E-state index in [-0.39, 0.29) is 10.8 Å². The zero-order valence-corrected chi connectivity index (χ0v) is 20.7. The van der Waals surface area contributed by atoms with Gasteiger partial charge in [0.25, 0.3) is 0 Å². The molecule has 2 aromatic carbocycles. The number of benzene rings is 2. The number of hydrogen-bond acceptors (Lipinski definition) is 1. The summed E-state index contributed by atoms with van der Waals surface area (Å²) in [5.41, 5.74) is 7.51. The van der Waals surface area contributed by atoms with Gasteiger partial charge in [-0.05, 0) is 95.8 Å². The smallest absolute Gasteiger partial charge is 0.170 e. The first kappa shape index (κ1) is 22.3. The predicted molar refractivity (Wildman–Crippen MR) is 137 cm³/mol. The molecule has 0 aliphatic heterocycles. The Balaban J connectivity index is 1.51. The van der Waals surface area contributed by atoms with Gasteiger partial charge in [0, 0.05) is 12.2 Å². The van der Waals surface area contributed by atoms with E-state index in [2.05, 4.69) is 87.7 Å². The molecule has 2 nitrogen and oxygen atoms in total. The first-order valence-corrected chi connectivity index (χ1v) is 12.4. The molecule has 1 saturated carbocycles. The summed E-state index contributed by atoms with van der Waals surface area (Å²) in [6, 6.07) is 15.6. The monoisotopic (exact) mass is 434 g/mol. The minimum Gasteiger partial charge on any atom is -0.362 e. The Morgan fingerprint density at radius 2 is 1.90 bits per heavy atom. The van der Waals surface area contributed by atoms with Gasteiger partial charge in [0.05, 0.1) is 0 Å². The van der Waals surface area contributed by atoms with Gasteiger partial charge in [-0.15, -0.1) is 0 Å². The minimum absolute atomic E-state index is 0.249. The molecular formula is C28H38N2S. The van der Waals surface area contributed by atoms with E-state index in [0.29, 0.717) is 11.8 Å². The second-order valence-corrected chi connectivity index (χ2v) is 11.1. The summed E-state index contributed by atoms with van der Waals surface area (Å²) in [6.45, 7) is 12.7. The number of anilines is 1. The number of para-hydroxylation sites is 1. The van der Waals surface area contributed by atoms with Crippen LogP contribution >= 0.6 is 12.2 Å². The molecule has 0 heterocycles. The molecule has 166 valence electrons. The van der Waals surface area contributed by atoms with Gasteiger partial charge in [-0.2, -0.15) is 0 Å². The Morgan fingerprint density at radius 3 is 2.65 bits per heavy atom. The van der Waals surface area contributed by atoms with Crippen molar-refractivity contribution in [1.82, 2.24) is 5.32 Å². The van der Waals surface area contributed by atoms with Crippen LogP contribution in [0.1, 0.15) is 81.5 Å². The van der Waals surface area contributed by atoms with Crippen molar-refractivity contribution in [2.75, 3.05) is 11.9 Å². The number of hydrogen-bond donors (Lipinski definition) is 2. The summed E-state index contributed by atoms with van der Waals surface area (Å²) < 4.78 is 0. The summed E-state index contributed by atoms with van der Waals surface area (Å²) in [5.74, 6) is 1.28. The highest BCUT2D eigenvalue weighted by molar-refractivity contribution is 7.80. The molecule has 0 saturated heterocycles. The zero-order valence-electron chi connectivity index (χ0n) is 19.8. The number of thiocarbonyl (C=S) groups is 1. The molecule has 3 heteroatoms. The summed E-state index contributed by atoms with van der Waals surface area (Å²) >= 11 is 5.67. The van der Waals surface area contributed by atoms with Crippen molar-refractivity contribution in [3.8, 4) is 0 Å². The van der Waals surface area contributed by atoms with Crippen molar-refractivity contribution in [2.45, 2.75) is 78.1 Å². The third-order valence-electron chi connectivity index (χ3n) is 8.21. The van der Waals surface area contributed by atoms with Gasteiger partial charge in [-0.25, -0.2) is 0 Å². The second-order valence-electron chi connectivity index (χ2n) is 10.7. The van der Waals surface area contributed by atoms with Gasteiger partial charge in [0.15, 0.2) is 5.11 Å². The third-order valence-corrected chi connectivity index (χ3v) is 8.46. The van der Waals surface area contributed by atoms with Crippen LogP contribution in [-0.4, -0.2) is 11.7 Å². The highest BCUT2D eigenvalue weighted by Gasteiger charge is 2.51. The second kappa shape index (κ2) is 8.58. The molecule has 2 aromatic rings. The van der Waals surface area contributed by atoms with E-state index >= 15 is 0 Å². The molecule has 3 unspecified atom stereocenters. The highest BCUT2D eigenvalue weighted by Crippen LogP contribution is 2.57. The summed E-state index contributed by atoms with van der Waals surface area (Å²) in [7, 11) is 0. The first-order chi connectivity index (χ1) is 14.7. The molecular weight excluding hydrogens is 396 g/mol. The SMILES string of the molecule is Cc1ccccc1NC(=S)NCC1(C)CCCC2(C)c3ccc(C(C)C)cc3CCC12. The van der Waals surface area contributed by atoms with Gasteiger partial charge < -0.3 is 10.6 Å². The molecule has 4 rings (SSSR count). The quantitative estimate of drug-likeness (QED) is 0.501. The topological polar surface area (TPSA) is 24.1 Å². The van der Waals surface area contributed by atoms with Crippen LogP contribution in [0.25, 0.3) is 0 Å². The molecule has 2 aliphatic rings. The highest BCUT2D eigenvalue weighted by atomic mass is 32.1. The van der Waals surface area contributed by atoms with Crippen LogP contribution in [-0.2, 0) is 11.8 Å². The molecule has 31 heavy (non-hydrogen) atoms. The standard InChI is InChI=1S/C28H38N2S/c1-19(2)21-11-13-23-22(17-21)12-14-25-27(4,15-8-16-28(23,25)5)18-29-26(31)30-24-10-7-6-9-20(24)3/h6-7,9-11,13,17,19,25H,8,12,14-16,18H2,1-5H3,(H2,29,30,31). The van der Waals surface area contributed by atoms with Crippen molar-refractivity contribution in [2.24, 2.45) is 11.3 Å². The lowest BCUT2D eigenvalue weighted by Gasteiger charge is -2.55. The fourth-order valence-corrected chi connectivity index (χ4v) is 6.56. The van der Waals surface area contributed by atoms with Crippen LogP contribution in [0.2, 0.25) is 0 Å². The van der Waals surface area contributed by atoms with E-state index in [9.17, 15) is 0 Å². The Morgan fingerprint density at radius 1 is 1.13 bits per heavy atom. The zero-order chi connectivity index (χ0) is 22.2. The molecule has 2 aliphatic carbocycles. The molecule has 0 bridgehead atoms. The Kier molecular flexibility index (Phi) is 6.18. The predicted octanol–water partition coefficient (Wildman–Crippen LogP) is 7.12. The van der Waals surface area contributed by atoms with Gasteiger partial charge in [0.1, 0.15) is 0 Å². The lowest BCUT2D eigenvalue weighted by atomic mass is 9.49. The lowest BCUT2D eigenvalue weighted by molar-refractivity contribution is 0.0294. The van der Waals surface area contributed by atoms with Crippen LogP contribution in [0.4, 0.5) is 5.69 Å². The van der Waals surface area contributed by atoms with Crippen LogP contribution in [0.3, 0.4) is 0 Å². The van der Waals surface area contributed by atoms with Crippen molar-refractivity contribution >= 4 is 23.0 Å². The number of aryl methyl sites for hydroxylation is 2. The van der Waals surface area contributed by atoms with Crippen LogP contribution < -0.4 is 10.6 Å². The van der Waals surface area contributed by atoms with E-state index in [1.807, 2.05) is 0 Å². The summed E-state index contributed by atoms with van der Waals surface area (Å²) in [5, 5.41) is 7.73. The van der Waals surface area contributed by atoms with Gasteiger partial charge in [-0.3, -0.25) is 0 Å². The minimum atomic E-state index is 0.249. The summed E-state index contributed by atoms with van der Waals surface area (Å²) in [4.78, 5) is 0. The van der Waals surface area contributed by atoms with Crippen molar-refractivity contribution in [3.63, 3.8) is 0 Å². The fraction of sp³-hybridized carbons (Fsp3) is 0.536. The van der Waals surface area contributed by atoms with E-state index < -0.39 is 0 Å². The average Bonchev–Trinajstić information content (AvgIpc) is 2.73. The third kappa shape index (κ3) is 4.26. The van der Waals surface area contributed by atoms with Crippen LogP contribution in [0.15, 0.2) is 42.5 Å². The van der Waals surface area contributed by atoms with E-state index in [4.69, 9.17) is 12.2 Å². The van der Waals surface area contributed by atoms with Crippen LogP contribution in [0.5, 0.6) is 0 Å². The van der Waals surface area contributed by atoms with Gasteiger partial charge in [0.2, 0.25) is 0 Å². The molecule has 0 spiro atoms. The van der Waals surface area contributed by atoms with Crippen molar-refractivity contribution in [1.29, 1.82) is 0 Å². The molecule has 0 aromatic heterocycles. The Labute approximate surface area is 194 Å². The number of fused-ring (bicyclic) bond motifs is 3. The maximum atomic E-state index is 5.67. The van der Waals surface area contributed by atoms with Gasteiger partial charge in [-0.1, -0.05) is 70.5 Å². The summed E-state index contributed by atoms with van der Waals surface area (Å²) in [6.07, 6.45) is 6.34. The van der Waals surface area contributed by atoms with Gasteiger partial charge >= 0.3 is 0 Å². The molecule has 2 N–H and O–H groups in total. The molecule has 3 atom stereocenters. The number of nitrogens with one attached hydrogen (secondary N) is 2. The largest absolute Gasteiger partial charge is 0.362 e. The van der Waals surface area contributed by atoms with Crippen molar-refractivity contribution < 1.29 is 0 Å². The Bertz CT molecular complexity index is 965. The van der Waals surface area contributed by atoms with E-state index in [1.54, 1.807) is 11.1 Å².